The first-order valence-electron chi connectivity index (χ1n) is 11.6. The van der Waals surface area contributed by atoms with Crippen molar-refractivity contribution in [2.45, 2.75) is 51.9 Å². The summed E-state index contributed by atoms with van der Waals surface area (Å²) in [5.74, 6) is 0.891. The van der Waals surface area contributed by atoms with Crippen molar-refractivity contribution in [1.82, 2.24) is 0 Å². The lowest BCUT2D eigenvalue weighted by molar-refractivity contribution is -0.438. The highest BCUT2D eigenvalue weighted by Gasteiger charge is 2.45. The van der Waals surface area contributed by atoms with Crippen LogP contribution in [-0.2, 0) is 5.41 Å². The minimum atomic E-state index is -0.0517. The van der Waals surface area contributed by atoms with E-state index in [0.717, 1.165) is 12.3 Å². The average Bonchev–Trinajstić information content (AvgIpc) is 3.01. The van der Waals surface area contributed by atoms with E-state index in [2.05, 4.69) is 86.0 Å². The molecule has 0 bridgehead atoms. The summed E-state index contributed by atoms with van der Waals surface area (Å²) in [5, 5.41) is 2.69. The maximum atomic E-state index is 5.31. The van der Waals surface area contributed by atoms with Crippen molar-refractivity contribution >= 4 is 28.2 Å². The highest BCUT2D eigenvalue weighted by Crippen LogP contribution is 2.44. The molecule has 0 saturated heterocycles. The van der Waals surface area contributed by atoms with Crippen LogP contribution in [0.1, 0.15) is 57.6 Å². The fourth-order valence-electron chi connectivity index (χ4n) is 4.86. The zero-order chi connectivity index (χ0) is 21.8. The van der Waals surface area contributed by atoms with Gasteiger partial charge in [0.1, 0.15) is 12.3 Å². The second-order valence-corrected chi connectivity index (χ2v) is 9.01. The molecule has 0 radical (unpaired) electrons. The van der Waals surface area contributed by atoms with Crippen LogP contribution in [-0.4, -0.2) is 23.9 Å². The first kappa shape index (κ1) is 24.5. The Kier molecular flexibility index (Phi) is 8.16. The molecule has 32 heavy (non-hydrogen) atoms. The van der Waals surface area contributed by atoms with Crippen LogP contribution in [0.25, 0.3) is 16.8 Å². The monoisotopic (exact) mass is 539 g/mol. The summed E-state index contributed by atoms with van der Waals surface area (Å²) in [5.41, 5.74) is 5.34. The molecular weight excluding hydrogens is 505 g/mol. The first-order chi connectivity index (χ1) is 15.1. The number of hydrogen-bond acceptors (Lipinski definition) is 1. The Morgan fingerprint density at radius 2 is 1.62 bits per heavy atom. The molecule has 3 heteroatoms. The predicted octanol–water partition coefficient (Wildman–Crippen LogP) is 4.52. The van der Waals surface area contributed by atoms with E-state index in [4.69, 9.17) is 4.74 Å². The molecule has 1 aliphatic rings. The topological polar surface area (TPSA) is 12.2 Å². The molecule has 0 spiro atoms. The third-order valence-corrected chi connectivity index (χ3v) is 6.54. The van der Waals surface area contributed by atoms with E-state index >= 15 is 0 Å². The molecule has 168 valence electrons. The molecule has 4 rings (SSSR count). The van der Waals surface area contributed by atoms with Gasteiger partial charge in [-0.2, -0.15) is 4.58 Å². The molecule has 1 aliphatic heterocycles. The number of fused-ring (bicyclic) bond motifs is 3. The molecule has 0 aliphatic carbocycles. The standard InChI is InChI=1S/C29H34NO.HI/c1-5-6-7-10-21-30-26-19-16-23-11-8-9-12-25(23)28(26)29(2,3)27(30)20-15-22-13-17-24(31-4)18-14-22;/h8-9,11-20H,5-7,10,21H2,1-4H3;1H/q+1;/p-1/b20-15+;. The highest BCUT2D eigenvalue weighted by atomic mass is 127. The van der Waals surface area contributed by atoms with E-state index in [0.29, 0.717) is 0 Å². The zero-order valence-corrected chi connectivity index (χ0v) is 21.9. The second kappa shape index (κ2) is 10.7. The van der Waals surface area contributed by atoms with Crippen LogP contribution in [0.4, 0.5) is 5.69 Å². The SMILES string of the molecule is CCCCCC[N+]1=C(/C=C/c2ccc(OC)cc2)C(C)(C)c2c1ccc1ccccc21.[I-]. The van der Waals surface area contributed by atoms with Gasteiger partial charge in [0.2, 0.25) is 5.69 Å². The van der Waals surface area contributed by atoms with Gasteiger partial charge >= 0.3 is 0 Å². The van der Waals surface area contributed by atoms with Gasteiger partial charge in [-0.25, -0.2) is 0 Å². The Hall–Kier alpha value is -2.14. The van der Waals surface area contributed by atoms with Crippen LogP contribution in [0.3, 0.4) is 0 Å². The lowest BCUT2D eigenvalue weighted by Crippen LogP contribution is -3.00. The molecule has 1 heterocycles. The molecule has 0 fully saturated rings. The van der Waals surface area contributed by atoms with Gasteiger partial charge in [0.25, 0.3) is 0 Å². The largest absolute Gasteiger partial charge is 1.00 e. The van der Waals surface area contributed by atoms with Gasteiger partial charge in [-0.05, 0) is 60.9 Å². The molecule has 0 aromatic heterocycles. The lowest BCUT2D eigenvalue weighted by atomic mass is 9.79. The van der Waals surface area contributed by atoms with Gasteiger partial charge in [-0.3, -0.25) is 0 Å². The molecule has 0 N–H and O–H groups in total. The molecule has 3 aromatic rings. The summed E-state index contributed by atoms with van der Waals surface area (Å²) < 4.78 is 7.87. The molecule has 0 atom stereocenters. The van der Waals surface area contributed by atoms with Crippen molar-refractivity contribution < 1.29 is 33.3 Å². The van der Waals surface area contributed by atoms with Crippen molar-refractivity contribution in [2.24, 2.45) is 0 Å². The first-order valence-corrected chi connectivity index (χ1v) is 11.6. The van der Waals surface area contributed by atoms with E-state index < -0.39 is 0 Å². The normalized spacial score (nSPS) is 14.6. The fourth-order valence-corrected chi connectivity index (χ4v) is 4.86. The molecular formula is C29H34INO. The second-order valence-electron chi connectivity index (χ2n) is 9.01. The Morgan fingerprint density at radius 1 is 0.875 bits per heavy atom. The van der Waals surface area contributed by atoms with E-state index in [1.54, 1.807) is 7.11 Å². The Morgan fingerprint density at radius 3 is 2.34 bits per heavy atom. The van der Waals surface area contributed by atoms with Crippen molar-refractivity contribution in [1.29, 1.82) is 0 Å². The third-order valence-electron chi connectivity index (χ3n) is 6.54. The number of hydrogen-bond donors (Lipinski definition) is 0. The van der Waals surface area contributed by atoms with Crippen molar-refractivity contribution in [3.8, 4) is 5.75 Å². The number of ether oxygens (including phenoxy) is 1. The van der Waals surface area contributed by atoms with Gasteiger partial charge in [-0.1, -0.05) is 56.2 Å². The molecule has 3 aromatic carbocycles. The highest BCUT2D eigenvalue weighted by molar-refractivity contribution is 6.09. The van der Waals surface area contributed by atoms with Crippen LogP contribution in [0.2, 0.25) is 0 Å². The quantitative estimate of drug-likeness (QED) is 0.233. The minimum Gasteiger partial charge on any atom is -1.00 e. The molecule has 2 nitrogen and oxygen atoms in total. The van der Waals surface area contributed by atoms with Gasteiger partial charge in [0, 0.05) is 24.1 Å². The summed E-state index contributed by atoms with van der Waals surface area (Å²) in [6.45, 7) is 8.09. The fraction of sp³-hybridized carbons (Fsp3) is 0.345. The molecule has 0 saturated carbocycles. The predicted molar refractivity (Wildman–Crippen MR) is 133 cm³/mol. The maximum absolute atomic E-state index is 5.31. The van der Waals surface area contributed by atoms with Crippen LogP contribution < -0.4 is 28.7 Å². The van der Waals surface area contributed by atoms with Gasteiger partial charge in [0.05, 0.1) is 12.5 Å². The van der Waals surface area contributed by atoms with Crippen LogP contribution >= 0.6 is 0 Å². The lowest BCUT2D eigenvalue weighted by Gasteiger charge is -2.17. The summed E-state index contributed by atoms with van der Waals surface area (Å²) in [7, 11) is 1.71. The average molecular weight is 540 g/mol. The number of benzene rings is 3. The summed E-state index contributed by atoms with van der Waals surface area (Å²) >= 11 is 0. The number of unbranched alkanes of at least 4 members (excludes halogenated alkanes) is 3. The van der Waals surface area contributed by atoms with E-state index in [-0.39, 0.29) is 29.4 Å². The van der Waals surface area contributed by atoms with Gasteiger partial charge < -0.3 is 28.7 Å². The van der Waals surface area contributed by atoms with Crippen LogP contribution in [0, 0.1) is 0 Å². The number of allylic oxidation sites excluding steroid dienone is 1. The van der Waals surface area contributed by atoms with Crippen LogP contribution in [0.15, 0.2) is 66.7 Å². The van der Waals surface area contributed by atoms with Crippen molar-refractivity contribution in [3.05, 3.63) is 77.9 Å². The molecule has 0 unspecified atom stereocenters. The van der Waals surface area contributed by atoms with E-state index in [1.807, 2.05) is 12.1 Å². The number of halogens is 1. The van der Waals surface area contributed by atoms with Crippen molar-refractivity contribution in [2.75, 3.05) is 13.7 Å². The zero-order valence-electron chi connectivity index (χ0n) is 19.7. The number of nitrogens with zero attached hydrogens (tertiary/aromatic N) is 1. The minimum absolute atomic E-state index is 0. The summed E-state index contributed by atoms with van der Waals surface area (Å²) in [4.78, 5) is 0. The summed E-state index contributed by atoms with van der Waals surface area (Å²) in [6, 6.07) is 21.7. The van der Waals surface area contributed by atoms with E-state index in [1.165, 1.54) is 59.0 Å². The van der Waals surface area contributed by atoms with Crippen LogP contribution in [0.5, 0.6) is 5.75 Å². The van der Waals surface area contributed by atoms with E-state index in [9.17, 15) is 0 Å². The third kappa shape index (κ3) is 4.78. The number of methoxy groups -OCH3 is 1. The Bertz CT molecular complexity index is 1130. The smallest absolute Gasteiger partial charge is 0.210 e. The Labute approximate surface area is 210 Å². The van der Waals surface area contributed by atoms with Crippen molar-refractivity contribution in [3.63, 3.8) is 0 Å². The molecule has 0 amide bonds. The number of rotatable bonds is 8. The Balaban J connectivity index is 0.00000289. The maximum Gasteiger partial charge on any atom is 0.210 e. The van der Waals surface area contributed by atoms with Gasteiger partial charge in [-0.15, -0.1) is 0 Å². The summed E-state index contributed by atoms with van der Waals surface area (Å²) in [6.07, 6.45) is 9.64. The van der Waals surface area contributed by atoms with Gasteiger partial charge in [0.15, 0.2) is 5.71 Å².